The zero-order valence-corrected chi connectivity index (χ0v) is 9.02. The highest BCUT2D eigenvalue weighted by Crippen LogP contribution is 2.23. The molecule has 2 rings (SSSR count). The Balaban J connectivity index is 2.01. The summed E-state index contributed by atoms with van der Waals surface area (Å²) < 4.78 is 0. The second-order valence-electron chi connectivity index (χ2n) is 4.10. The molecule has 0 bridgehead atoms. The molecular formula is C11H14N2O3. The average molecular weight is 222 g/mol. The van der Waals surface area contributed by atoms with Gasteiger partial charge in [-0.1, -0.05) is 0 Å². The van der Waals surface area contributed by atoms with Crippen molar-refractivity contribution >= 4 is 5.78 Å². The summed E-state index contributed by atoms with van der Waals surface area (Å²) in [6.07, 6.45) is 5.79. The van der Waals surface area contributed by atoms with Crippen molar-refractivity contribution in [3.05, 3.63) is 33.7 Å². The summed E-state index contributed by atoms with van der Waals surface area (Å²) in [5.74, 6) is 0.314. The van der Waals surface area contributed by atoms with Gasteiger partial charge in [0.15, 0.2) is 0 Å². The topological polar surface area (TPSA) is 63.5 Å². The number of allylic oxidation sites excluding steroid dienone is 4. The molecule has 0 aromatic carbocycles. The van der Waals surface area contributed by atoms with E-state index in [-0.39, 0.29) is 10.6 Å². The third-order valence-corrected chi connectivity index (χ3v) is 3.07. The van der Waals surface area contributed by atoms with E-state index in [4.69, 9.17) is 0 Å². The lowest BCUT2D eigenvalue weighted by atomic mass is 10.0. The molecule has 0 radical (unpaired) electrons. The lowest BCUT2D eigenvalue weighted by molar-refractivity contribution is -0.428. The summed E-state index contributed by atoms with van der Waals surface area (Å²) in [6.45, 7) is 1.51. The minimum atomic E-state index is -0.326. The molecule has 0 aromatic heterocycles. The largest absolute Gasteiger partial charge is 0.374 e. The number of likely N-dealkylation sites (tertiary alicyclic amines) is 1. The Morgan fingerprint density at radius 1 is 1.12 bits per heavy atom. The van der Waals surface area contributed by atoms with Crippen molar-refractivity contribution in [2.24, 2.45) is 0 Å². The van der Waals surface area contributed by atoms with Crippen molar-refractivity contribution in [3.8, 4) is 0 Å². The van der Waals surface area contributed by atoms with E-state index in [9.17, 15) is 14.9 Å². The van der Waals surface area contributed by atoms with E-state index in [0.29, 0.717) is 31.5 Å². The fourth-order valence-electron chi connectivity index (χ4n) is 2.07. The molecule has 1 fully saturated rings. The molecule has 86 valence electrons. The van der Waals surface area contributed by atoms with E-state index in [2.05, 4.69) is 4.90 Å². The molecule has 1 heterocycles. The van der Waals surface area contributed by atoms with Crippen molar-refractivity contribution in [2.45, 2.75) is 25.7 Å². The first-order chi connectivity index (χ1) is 7.66. The van der Waals surface area contributed by atoms with E-state index in [0.717, 1.165) is 18.8 Å². The maximum atomic E-state index is 11.1. The average Bonchev–Trinajstić information content (AvgIpc) is 2.30. The Kier molecular flexibility index (Phi) is 3.03. The Hall–Kier alpha value is -1.65. The van der Waals surface area contributed by atoms with Crippen LogP contribution in [0, 0.1) is 10.1 Å². The van der Waals surface area contributed by atoms with E-state index < -0.39 is 0 Å². The van der Waals surface area contributed by atoms with Crippen LogP contribution in [0.1, 0.15) is 25.7 Å². The molecule has 0 aromatic rings. The van der Waals surface area contributed by atoms with Gasteiger partial charge in [0.2, 0.25) is 5.70 Å². The van der Waals surface area contributed by atoms with Gasteiger partial charge >= 0.3 is 0 Å². The number of carbonyl (C=O) groups is 1. The molecule has 0 N–H and O–H groups in total. The van der Waals surface area contributed by atoms with Crippen LogP contribution in [-0.2, 0) is 4.79 Å². The molecule has 1 saturated heterocycles. The van der Waals surface area contributed by atoms with Gasteiger partial charge in [0.05, 0.1) is 4.92 Å². The first kappa shape index (κ1) is 10.9. The second kappa shape index (κ2) is 4.47. The smallest absolute Gasteiger partial charge is 0.246 e. The number of Topliss-reactive ketones (excluding diaryl/α,β-unsaturated/α-hetero) is 1. The maximum absolute atomic E-state index is 11.1. The van der Waals surface area contributed by atoms with Crippen LogP contribution >= 0.6 is 0 Å². The summed E-state index contributed by atoms with van der Waals surface area (Å²) >= 11 is 0. The second-order valence-corrected chi connectivity index (χ2v) is 4.10. The number of carbonyl (C=O) groups excluding carboxylic acids is 1. The van der Waals surface area contributed by atoms with Gasteiger partial charge in [-0.3, -0.25) is 14.9 Å². The normalized spacial score (nSPS) is 21.5. The number of nitrogens with zero attached hydrogens (tertiary/aromatic N) is 2. The number of rotatable bonds is 2. The van der Waals surface area contributed by atoms with Crippen LogP contribution in [0.3, 0.4) is 0 Å². The number of hydrogen-bond acceptors (Lipinski definition) is 4. The summed E-state index contributed by atoms with van der Waals surface area (Å²) in [5, 5.41) is 10.5. The number of ketones is 1. The lowest BCUT2D eigenvalue weighted by Gasteiger charge is -2.31. The molecule has 5 nitrogen and oxygen atoms in total. The van der Waals surface area contributed by atoms with Gasteiger partial charge in [-0.05, 0) is 12.5 Å². The van der Waals surface area contributed by atoms with Gasteiger partial charge in [0, 0.05) is 44.1 Å². The highest BCUT2D eigenvalue weighted by molar-refractivity contribution is 5.79. The van der Waals surface area contributed by atoms with Gasteiger partial charge in [0.25, 0.3) is 0 Å². The zero-order chi connectivity index (χ0) is 11.5. The Labute approximate surface area is 93.6 Å². The minimum Gasteiger partial charge on any atom is -0.374 e. The highest BCUT2D eigenvalue weighted by atomic mass is 16.6. The van der Waals surface area contributed by atoms with E-state index in [1.807, 2.05) is 6.08 Å². The van der Waals surface area contributed by atoms with E-state index >= 15 is 0 Å². The molecule has 2 aliphatic rings. The first-order valence-corrected chi connectivity index (χ1v) is 5.47. The number of nitro groups is 1. The fraction of sp³-hybridized carbons (Fsp3) is 0.545. The Morgan fingerprint density at radius 2 is 1.81 bits per heavy atom. The quantitative estimate of drug-likeness (QED) is 0.524. The van der Waals surface area contributed by atoms with Crippen molar-refractivity contribution in [1.29, 1.82) is 0 Å². The van der Waals surface area contributed by atoms with Gasteiger partial charge < -0.3 is 4.90 Å². The maximum Gasteiger partial charge on any atom is 0.246 e. The molecule has 0 amide bonds. The fourth-order valence-corrected chi connectivity index (χ4v) is 2.07. The van der Waals surface area contributed by atoms with E-state index in [1.165, 1.54) is 0 Å². The van der Waals surface area contributed by atoms with Crippen molar-refractivity contribution in [2.75, 3.05) is 13.1 Å². The summed E-state index contributed by atoms with van der Waals surface area (Å²) in [6, 6.07) is 0. The van der Waals surface area contributed by atoms with Crippen LogP contribution in [0.25, 0.3) is 0 Å². The Morgan fingerprint density at radius 3 is 2.31 bits per heavy atom. The standard InChI is InChI=1S/C11H14N2O3/c14-11-5-7-12(8-6-11)9-1-3-10(4-2-9)13(15)16/h1,3H,2,4-8H2. The molecule has 0 spiro atoms. The predicted molar refractivity (Wildman–Crippen MR) is 58.2 cm³/mol. The molecule has 0 unspecified atom stereocenters. The Bertz CT molecular complexity index is 375. The van der Waals surface area contributed by atoms with Crippen LogP contribution in [-0.4, -0.2) is 28.7 Å². The van der Waals surface area contributed by atoms with Crippen molar-refractivity contribution in [1.82, 2.24) is 4.90 Å². The molecule has 1 aliphatic heterocycles. The van der Waals surface area contributed by atoms with Crippen LogP contribution in [0.15, 0.2) is 23.5 Å². The molecule has 0 saturated carbocycles. The zero-order valence-electron chi connectivity index (χ0n) is 9.02. The highest BCUT2D eigenvalue weighted by Gasteiger charge is 2.22. The summed E-state index contributed by atoms with van der Waals surface area (Å²) in [4.78, 5) is 23.5. The molecule has 1 aliphatic carbocycles. The van der Waals surface area contributed by atoms with Crippen LogP contribution in [0.5, 0.6) is 0 Å². The number of hydrogen-bond donors (Lipinski definition) is 0. The monoisotopic (exact) mass is 222 g/mol. The van der Waals surface area contributed by atoms with Gasteiger partial charge in [-0.25, -0.2) is 0 Å². The van der Waals surface area contributed by atoms with Crippen molar-refractivity contribution < 1.29 is 9.72 Å². The van der Waals surface area contributed by atoms with Crippen LogP contribution in [0.2, 0.25) is 0 Å². The summed E-state index contributed by atoms with van der Waals surface area (Å²) in [5.41, 5.74) is 1.40. The minimum absolute atomic E-state index is 0.275. The van der Waals surface area contributed by atoms with E-state index in [1.54, 1.807) is 6.08 Å². The molecule has 0 atom stereocenters. The third-order valence-electron chi connectivity index (χ3n) is 3.07. The predicted octanol–water partition coefficient (Wildman–Crippen LogP) is 1.49. The van der Waals surface area contributed by atoms with Crippen LogP contribution in [0.4, 0.5) is 0 Å². The third kappa shape index (κ3) is 2.29. The van der Waals surface area contributed by atoms with Crippen molar-refractivity contribution in [3.63, 3.8) is 0 Å². The lowest BCUT2D eigenvalue weighted by Crippen LogP contribution is -2.33. The van der Waals surface area contributed by atoms with Gasteiger partial charge in [-0.15, -0.1) is 0 Å². The van der Waals surface area contributed by atoms with Gasteiger partial charge in [0.1, 0.15) is 5.78 Å². The van der Waals surface area contributed by atoms with Gasteiger partial charge in [-0.2, -0.15) is 0 Å². The molecule has 16 heavy (non-hydrogen) atoms. The SMILES string of the molecule is O=C1CCN(C2=CC=C([N+](=O)[O-])CC2)CC1. The molecule has 5 heteroatoms. The first-order valence-electron chi connectivity index (χ1n) is 5.47. The number of piperidine rings is 1. The van der Waals surface area contributed by atoms with Crippen LogP contribution < -0.4 is 0 Å². The molecular weight excluding hydrogens is 208 g/mol. The summed E-state index contributed by atoms with van der Waals surface area (Å²) in [7, 11) is 0.